The van der Waals surface area contributed by atoms with E-state index in [2.05, 4.69) is 0 Å². The van der Waals surface area contributed by atoms with Crippen LogP contribution in [0.25, 0.3) is 0 Å². The van der Waals surface area contributed by atoms with Gasteiger partial charge in [0.2, 0.25) is 0 Å². The summed E-state index contributed by atoms with van der Waals surface area (Å²) in [4.78, 5) is 20.9. The summed E-state index contributed by atoms with van der Waals surface area (Å²) in [6.45, 7) is 0.165. The highest BCUT2D eigenvalue weighted by molar-refractivity contribution is 5.41. The molecular formula is C15H12N2O6. The Balaban J connectivity index is 1.83. The van der Waals surface area contributed by atoms with Gasteiger partial charge in [-0.1, -0.05) is 24.3 Å². The minimum absolute atomic E-state index is 0.0414. The zero-order valence-corrected chi connectivity index (χ0v) is 11.8. The maximum Gasteiger partial charge on any atom is 0.277 e. The van der Waals surface area contributed by atoms with Crippen LogP contribution in [-0.2, 0) is 9.47 Å². The molecule has 23 heavy (non-hydrogen) atoms. The maximum absolute atomic E-state index is 11.1. The van der Waals surface area contributed by atoms with Crippen molar-refractivity contribution in [3.05, 3.63) is 79.9 Å². The van der Waals surface area contributed by atoms with E-state index < -0.39 is 22.2 Å². The van der Waals surface area contributed by atoms with E-state index in [0.717, 1.165) is 0 Å². The average molecular weight is 316 g/mol. The predicted octanol–water partition coefficient (Wildman–Crippen LogP) is 3.29. The van der Waals surface area contributed by atoms with Crippen molar-refractivity contribution in [2.75, 3.05) is 6.61 Å². The third-order valence-electron chi connectivity index (χ3n) is 3.53. The monoisotopic (exact) mass is 316 g/mol. The molecule has 1 aliphatic rings. The van der Waals surface area contributed by atoms with E-state index in [9.17, 15) is 20.2 Å². The number of non-ortho nitro benzene ring substituents is 1. The van der Waals surface area contributed by atoms with Gasteiger partial charge in [0.1, 0.15) is 6.10 Å². The van der Waals surface area contributed by atoms with Crippen molar-refractivity contribution in [2.45, 2.75) is 12.4 Å². The number of hydrogen-bond donors (Lipinski definition) is 0. The first kappa shape index (κ1) is 15.1. The summed E-state index contributed by atoms with van der Waals surface area (Å²) in [5.41, 5.74) is 0.795. The summed E-state index contributed by atoms with van der Waals surface area (Å²) in [6.07, 6.45) is -1.39. The summed E-state index contributed by atoms with van der Waals surface area (Å²) in [7, 11) is 0. The number of nitro groups is 2. The fourth-order valence-electron chi connectivity index (χ4n) is 2.43. The molecule has 0 spiro atoms. The number of nitro benzene ring substituents is 2. The van der Waals surface area contributed by atoms with Crippen molar-refractivity contribution in [1.82, 2.24) is 0 Å². The number of rotatable bonds is 4. The molecule has 2 aromatic rings. The second-order valence-electron chi connectivity index (χ2n) is 4.96. The van der Waals surface area contributed by atoms with Crippen LogP contribution in [0.15, 0.2) is 48.5 Å². The van der Waals surface area contributed by atoms with Gasteiger partial charge >= 0.3 is 0 Å². The molecule has 0 amide bonds. The molecule has 0 aromatic heterocycles. The maximum atomic E-state index is 11.1. The highest BCUT2D eigenvalue weighted by atomic mass is 16.7. The minimum Gasteiger partial charge on any atom is -0.345 e. The van der Waals surface area contributed by atoms with Crippen LogP contribution in [0.1, 0.15) is 23.5 Å². The van der Waals surface area contributed by atoms with E-state index >= 15 is 0 Å². The highest BCUT2D eigenvalue weighted by Crippen LogP contribution is 2.38. The van der Waals surface area contributed by atoms with E-state index in [-0.39, 0.29) is 18.0 Å². The van der Waals surface area contributed by atoms with E-state index in [4.69, 9.17) is 9.47 Å². The van der Waals surface area contributed by atoms with E-state index in [1.807, 2.05) is 0 Å². The molecule has 1 fully saturated rings. The zero-order chi connectivity index (χ0) is 16.4. The van der Waals surface area contributed by atoms with Crippen LogP contribution in [0.4, 0.5) is 11.4 Å². The van der Waals surface area contributed by atoms with E-state index in [1.165, 1.54) is 18.2 Å². The van der Waals surface area contributed by atoms with Gasteiger partial charge in [-0.2, -0.15) is 0 Å². The first-order chi connectivity index (χ1) is 11.1. The second kappa shape index (κ2) is 6.11. The van der Waals surface area contributed by atoms with Gasteiger partial charge in [0.15, 0.2) is 6.29 Å². The molecule has 8 nitrogen and oxygen atoms in total. The molecule has 0 N–H and O–H groups in total. The number of nitrogens with zero attached hydrogens (tertiary/aromatic N) is 2. The first-order valence-corrected chi connectivity index (χ1v) is 6.81. The third-order valence-corrected chi connectivity index (χ3v) is 3.53. The molecule has 118 valence electrons. The molecule has 0 radical (unpaired) electrons. The zero-order valence-electron chi connectivity index (χ0n) is 11.8. The normalized spacial score (nSPS) is 20.3. The van der Waals surface area contributed by atoms with Crippen molar-refractivity contribution in [1.29, 1.82) is 0 Å². The van der Waals surface area contributed by atoms with Crippen molar-refractivity contribution < 1.29 is 19.3 Å². The Labute approximate surface area is 130 Å². The molecule has 1 aliphatic heterocycles. The molecule has 1 saturated heterocycles. The number of ether oxygens (including phenoxy) is 2. The van der Waals surface area contributed by atoms with Gasteiger partial charge in [0.05, 0.1) is 22.0 Å². The summed E-state index contributed by atoms with van der Waals surface area (Å²) < 4.78 is 11.2. The van der Waals surface area contributed by atoms with Crippen molar-refractivity contribution in [3.8, 4) is 0 Å². The molecule has 2 atom stereocenters. The van der Waals surface area contributed by atoms with Crippen LogP contribution in [0.3, 0.4) is 0 Å². The molecular weight excluding hydrogens is 304 g/mol. The molecule has 8 heteroatoms. The SMILES string of the molecule is O=[N+]([O-])c1cccc(C2COC(c3ccccc3[N+](=O)[O-])O2)c1. The van der Waals surface area contributed by atoms with Gasteiger partial charge in [-0.05, 0) is 11.6 Å². The van der Waals surface area contributed by atoms with Crippen LogP contribution in [0, 0.1) is 20.2 Å². The summed E-state index contributed by atoms with van der Waals surface area (Å²) in [5, 5.41) is 21.9. The van der Waals surface area contributed by atoms with Gasteiger partial charge in [-0.15, -0.1) is 0 Å². The van der Waals surface area contributed by atoms with Gasteiger partial charge in [-0.25, -0.2) is 0 Å². The first-order valence-electron chi connectivity index (χ1n) is 6.81. The van der Waals surface area contributed by atoms with Crippen molar-refractivity contribution in [2.24, 2.45) is 0 Å². The Morgan fingerprint density at radius 1 is 1.00 bits per heavy atom. The fraction of sp³-hybridized carbons (Fsp3) is 0.200. The van der Waals surface area contributed by atoms with Gasteiger partial charge in [0.25, 0.3) is 11.4 Å². The van der Waals surface area contributed by atoms with Gasteiger partial charge in [-0.3, -0.25) is 20.2 Å². The third kappa shape index (κ3) is 3.03. The van der Waals surface area contributed by atoms with Crippen LogP contribution in [0.5, 0.6) is 0 Å². The lowest BCUT2D eigenvalue weighted by Gasteiger charge is -2.12. The summed E-state index contributed by atoms with van der Waals surface area (Å²) in [5.74, 6) is 0. The number of benzene rings is 2. The van der Waals surface area contributed by atoms with Crippen LogP contribution < -0.4 is 0 Å². The van der Waals surface area contributed by atoms with E-state index in [0.29, 0.717) is 11.1 Å². The summed E-state index contributed by atoms with van der Waals surface area (Å²) in [6, 6.07) is 12.2. The highest BCUT2D eigenvalue weighted by Gasteiger charge is 2.33. The smallest absolute Gasteiger partial charge is 0.277 e. The average Bonchev–Trinajstić information content (AvgIpc) is 3.05. The fourth-order valence-corrected chi connectivity index (χ4v) is 2.43. The number of para-hydroxylation sites is 1. The largest absolute Gasteiger partial charge is 0.345 e. The van der Waals surface area contributed by atoms with Crippen LogP contribution in [-0.4, -0.2) is 16.5 Å². The standard InChI is InChI=1S/C15H12N2O6/c18-16(19)11-5-3-4-10(8-11)14-9-22-15(23-14)12-6-1-2-7-13(12)17(20)21/h1-8,14-15H,9H2. The summed E-state index contributed by atoms with van der Waals surface area (Å²) >= 11 is 0. The van der Waals surface area contributed by atoms with Crippen LogP contribution >= 0.6 is 0 Å². The minimum atomic E-state index is -0.874. The van der Waals surface area contributed by atoms with Gasteiger partial charge in [0, 0.05) is 18.2 Å². The Morgan fingerprint density at radius 3 is 2.52 bits per heavy atom. The molecule has 0 aliphatic carbocycles. The Morgan fingerprint density at radius 2 is 1.78 bits per heavy atom. The molecule has 3 rings (SSSR count). The molecule has 2 aromatic carbocycles. The lowest BCUT2D eigenvalue weighted by Crippen LogP contribution is -2.04. The quantitative estimate of drug-likeness (QED) is 0.633. The van der Waals surface area contributed by atoms with Crippen LogP contribution in [0.2, 0.25) is 0 Å². The predicted molar refractivity (Wildman–Crippen MR) is 78.7 cm³/mol. The lowest BCUT2D eigenvalue weighted by molar-refractivity contribution is -0.386. The van der Waals surface area contributed by atoms with Crippen molar-refractivity contribution in [3.63, 3.8) is 0 Å². The van der Waals surface area contributed by atoms with Crippen molar-refractivity contribution >= 4 is 11.4 Å². The molecule has 0 bridgehead atoms. The number of hydrogen-bond acceptors (Lipinski definition) is 6. The molecule has 0 saturated carbocycles. The Bertz CT molecular complexity index is 763. The Kier molecular flexibility index (Phi) is 4.00. The van der Waals surface area contributed by atoms with E-state index in [1.54, 1.807) is 30.3 Å². The topological polar surface area (TPSA) is 105 Å². The lowest BCUT2D eigenvalue weighted by atomic mass is 10.1. The molecule has 2 unspecified atom stereocenters. The molecule has 1 heterocycles. The second-order valence-corrected chi connectivity index (χ2v) is 4.96. The van der Waals surface area contributed by atoms with Gasteiger partial charge < -0.3 is 9.47 Å². The Hall–Kier alpha value is -2.84.